The van der Waals surface area contributed by atoms with E-state index in [1.807, 2.05) is 48.5 Å². The van der Waals surface area contributed by atoms with E-state index in [0.29, 0.717) is 5.76 Å². The average molecular weight is 321 g/mol. The Hall–Kier alpha value is -3.01. The Morgan fingerprint density at radius 2 is 1.96 bits per heavy atom. The number of rotatable bonds is 5. The summed E-state index contributed by atoms with van der Waals surface area (Å²) >= 11 is 0. The molecule has 1 amide bonds. The zero-order chi connectivity index (χ0) is 16.9. The maximum absolute atomic E-state index is 12.0. The van der Waals surface area contributed by atoms with E-state index in [0.717, 1.165) is 28.8 Å². The fourth-order valence-electron chi connectivity index (χ4n) is 2.42. The van der Waals surface area contributed by atoms with Gasteiger partial charge in [-0.3, -0.25) is 4.79 Å². The summed E-state index contributed by atoms with van der Waals surface area (Å²) in [4.78, 5) is 12.0. The van der Waals surface area contributed by atoms with Gasteiger partial charge in [-0.2, -0.15) is 0 Å². The summed E-state index contributed by atoms with van der Waals surface area (Å²) in [6, 6.07) is 15.3. The lowest BCUT2D eigenvalue weighted by Crippen LogP contribution is -2.07. The van der Waals surface area contributed by atoms with Crippen LogP contribution in [0.2, 0.25) is 0 Å². The van der Waals surface area contributed by atoms with Crippen LogP contribution in [0.1, 0.15) is 18.2 Å². The lowest BCUT2D eigenvalue weighted by Gasteiger charge is -2.02. The van der Waals surface area contributed by atoms with Crippen molar-refractivity contribution in [1.82, 2.24) is 0 Å². The number of hydrogen-bond donors (Lipinski definition) is 1. The topological polar surface area (TPSA) is 51.5 Å². The smallest absolute Gasteiger partial charge is 0.248 e. The lowest BCUT2D eigenvalue weighted by atomic mass is 10.1. The lowest BCUT2D eigenvalue weighted by molar-refractivity contribution is -0.111. The number of anilines is 1. The summed E-state index contributed by atoms with van der Waals surface area (Å²) in [6.07, 6.45) is 4.09. The van der Waals surface area contributed by atoms with Crippen LogP contribution in [0, 0.1) is 0 Å². The van der Waals surface area contributed by atoms with Gasteiger partial charge >= 0.3 is 0 Å². The Bertz CT molecular complexity index is 876. The van der Waals surface area contributed by atoms with Gasteiger partial charge in [0.2, 0.25) is 5.91 Å². The Morgan fingerprint density at radius 1 is 1.17 bits per heavy atom. The minimum absolute atomic E-state index is 0.197. The van der Waals surface area contributed by atoms with Gasteiger partial charge in [0, 0.05) is 17.1 Å². The zero-order valence-corrected chi connectivity index (χ0v) is 13.7. The van der Waals surface area contributed by atoms with Crippen molar-refractivity contribution < 1.29 is 13.9 Å². The van der Waals surface area contributed by atoms with Crippen LogP contribution >= 0.6 is 0 Å². The van der Waals surface area contributed by atoms with Crippen LogP contribution in [0.5, 0.6) is 5.75 Å². The molecule has 0 aliphatic heterocycles. The van der Waals surface area contributed by atoms with Crippen LogP contribution in [0.25, 0.3) is 17.0 Å². The number of amides is 1. The molecule has 0 fully saturated rings. The first-order chi connectivity index (χ1) is 11.7. The molecule has 4 nitrogen and oxygen atoms in total. The van der Waals surface area contributed by atoms with E-state index in [4.69, 9.17) is 9.15 Å². The summed E-state index contributed by atoms with van der Waals surface area (Å²) in [6.45, 7) is 2.10. The molecule has 0 atom stereocenters. The van der Waals surface area contributed by atoms with Crippen LogP contribution in [0.15, 0.2) is 59.0 Å². The number of methoxy groups -OCH3 is 1. The molecule has 2 aromatic carbocycles. The maximum atomic E-state index is 12.0. The van der Waals surface area contributed by atoms with Crippen LogP contribution < -0.4 is 10.1 Å². The van der Waals surface area contributed by atoms with Crippen molar-refractivity contribution in [3.05, 3.63) is 65.9 Å². The van der Waals surface area contributed by atoms with Crippen LogP contribution in [-0.2, 0) is 11.2 Å². The summed E-state index contributed by atoms with van der Waals surface area (Å²) in [7, 11) is 1.62. The SMILES string of the molecule is CCc1ccc(NC(=O)C=Cc2cc3cc(OC)ccc3o2)cc1. The van der Waals surface area contributed by atoms with E-state index in [2.05, 4.69) is 12.2 Å². The van der Waals surface area contributed by atoms with Gasteiger partial charge < -0.3 is 14.5 Å². The number of furan rings is 1. The van der Waals surface area contributed by atoms with Gasteiger partial charge in [0.25, 0.3) is 0 Å². The highest BCUT2D eigenvalue weighted by molar-refractivity contribution is 6.02. The summed E-state index contributed by atoms with van der Waals surface area (Å²) in [5.41, 5.74) is 2.77. The molecule has 0 saturated heterocycles. The van der Waals surface area contributed by atoms with Crippen molar-refractivity contribution in [3.8, 4) is 5.75 Å². The molecular weight excluding hydrogens is 302 g/mol. The normalized spacial score (nSPS) is 11.1. The standard InChI is InChI=1S/C20H19NO3/c1-3-14-4-6-16(7-5-14)21-20(22)11-9-18-13-15-12-17(23-2)8-10-19(15)24-18/h4-13H,3H2,1-2H3,(H,21,22). The fraction of sp³-hybridized carbons (Fsp3) is 0.150. The van der Waals surface area contributed by atoms with Crippen molar-refractivity contribution in [2.75, 3.05) is 12.4 Å². The minimum Gasteiger partial charge on any atom is -0.497 e. The third kappa shape index (κ3) is 3.66. The molecule has 24 heavy (non-hydrogen) atoms. The number of aryl methyl sites for hydroxylation is 1. The second-order valence-corrected chi connectivity index (χ2v) is 5.43. The largest absolute Gasteiger partial charge is 0.497 e. The van der Waals surface area contributed by atoms with Crippen molar-refractivity contribution in [3.63, 3.8) is 0 Å². The Labute approximate surface area is 140 Å². The fourth-order valence-corrected chi connectivity index (χ4v) is 2.42. The molecule has 3 aromatic rings. The monoisotopic (exact) mass is 321 g/mol. The van der Waals surface area contributed by atoms with E-state index in [1.54, 1.807) is 13.2 Å². The first-order valence-corrected chi connectivity index (χ1v) is 7.83. The Balaban J connectivity index is 1.68. The molecule has 0 aliphatic carbocycles. The molecule has 0 bridgehead atoms. The number of carbonyl (C=O) groups excluding carboxylic acids is 1. The van der Waals surface area contributed by atoms with Gasteiger partial charge in [0.05, 0.1) is 7.11 Å². The van der Waals surface area contributed by atoms with E-state index in [1.165, 1.54) is 11.6 Å². The number of nitrogens with one attached hydrogen (secondary N) is 1. The Kier molecular flexibility index (Phi) is 4.66. The molecule has 4 heteroatoms. The second-order valence-electron chi connectivity index (χ2n) is 5.43. The maximum Gasteiger partial charge on any atom is 0.248 e. The second kappa shape index (κ2) is 7.04. The van der Waals surface area contributed by atoms with E-state index < -0.39 is 0 Å². The third-order valence-corrected chi connectivity index (χ3v) is 3.77. The van der Waals surface area contributed by atoms with Crippen molar-refractivity contribution in [2.45, 2.75) is 13.3 Å². The molecular formula is C20H19NO3. The molecule has 0 unspecified atom stereocenters. The van der Waals surface area contributed by atoms with Gasteiger partial charge in [0.15, 0.2) is 0 Å². The first kappa shape index (κ1) is 15.9. The molecule has 1 N–H and O–H groups in total. The molecule has 1 aromatic heterocycles. The minimum atomic E-state index is -0.197. The summed E-state index contributed by atoms with van der Waals surface area (Å²) in [5, 5.41) is 3.76. The van der Waals surface area contributed by atoms with Gasteiger partial charge in [-0.15, -0.1) is 0 Å². The van der Waals surface area contributed by atoms with Crippen molar-refractivity contribution >= 4 is 28.6 Å². The quantitative estimate of drug-likeness (QED) is 0.696. The first-order valence-electron chi connectivity index (χ1n) is 7.83. The highest BCUT2D eigenvalue weighted by Gasteiger charge is 2.04. The van der Waals surface area contributed by atoms with Crippen molar-refractivity contribution in [2.24, 2.45) is 0 Å². The number of benzene rings is 2. The average Bonchev–Trinajstić information content (AvgIpc) is 3.02. The number of hydrogen-bond acceptors (Lipinski definition) is 3. The molecule has 122 valence electrons. The molecule has 0 spiro atoms. The van der Waals surface area contributed by atoms with Gasteiger partial charge in [-0.05, 0) is 54.5 Å². The summed E-state index contributed by atoms with van der Waals surface area (Å²) < 4.78 is 10.9. The Morgan fingerprint density at radius 3 is 2.67 bits per heavy atom. The molecule has 0 radical (unpaired) electrons. The molecule has 0 saturated carbocycles. The van der Waals surface area contributed by atoms with Crippen LogP contribution in [-0.4, -0.2) is 13.0 Å². The van der Waals surface area contributed by atoms with Gasteiger partial charge in [-0.25, -0.2) is 0 Å². The van der Waals surface area contributed by atoms with E-state index >= 15 is 0 Å². The zero-order valence-electron chi connectivity index (χ0n) is 13.7. The van der Waals surface area contributed by atoms with Crippen LogP contribution in [0.3, 0.4) is 0 Å². The predicted octanol–water partition coefficient (Wildman–Crippen LogP) is 4.66. The highest BCUT2D eigenvalue weighted by Crippen LogP contribution is 2.24. The molecule has 0 aliphatic rings. The van der Waals surface area contributed by atoms with E-state index in [9.17, 15) is 4.79 Å². The molecule has 3 rings (SSSR count). The number of fused-ring (bicyclic) bond motifs is 1. The van der Waals surface area contributed by atoms with Gasteiger partial charge in [0.1, 0.15) is 17.1 Å². The number of carbonyl (C=O) groups is 1. The van der Waals surface area contributed by atoms with Crippen LogP contribution in [0.4, 0.5) is 5.69 Å². The molecule has 1 heterocycles. The summed E-state index contributed by atoms with van der Waals surface area (Å²) in [5.74, 6) is 1.19. The predicted molar refractivity (Wildman–Crippen MR) is 96.2 cm³/mol. The van der Waals surface area contributed by atoms with Gasteiger partial charge in [-0.1, -0.05) is 19.1 Å². The third-order valence-electron chi connectivity index (χ3n) is 3.77. The van der Waals surface area contributed by atoms with Crippen molar-refractivity contribution in [1.29, 1.82) is 0 Å². The highest BCUT2D eigenvalue weighted by atomic mass is 16.5. The van der Waals surface area contributed by atoms with E-state index in [-0.39, 0.29) is 5.91 Å². The number of ether oxygens (including phenoxy) is 1.